The van der Waals surface area contributed by atoms with Gasteiger partial charge in [-0.25, -0.2) is 9.59 Å². The van der Waals surface area contributed by atoms with E-state index in [2.05, 4.69) is 13.5 Å². The molecule has 0 fully saturated rings. The lowest BCUT2D eigenvalue weighted by Gasteiger charge is -2.05. The van der Waals surface area contributed by atoms with Crippen LogP contribution in [-0.2, 0) is 20.7 Å². The molecule has 4 nitrogen and oxygen atoms in total. The van der Waals surface area contributed by atoms with Crippen molar-refractivity contribution in [2.45, 2.75) is 33.1 Å². The Balaban J connectivity index is 2.61. The van der Waals surface area contributed by atoms with Crippen LogP contribution >= 0.6 is 0 Å². The summed E-state index contributed by atoms with van der Waals surface area (Å²) >= 11 is 0. The van der Waals surface area contributed by atoms with Crippen LogP contribution in [0.25, 0.3) is 6.08 Å². The number of rotatable bonds is 8. The Hall–Kier alpha value is -2.36. The van der Waals surface area contributed by atoms with Crippen LogP contribution in [0.4, 0.5) is 0 Å². The zero-order valence-corrected chi connectivity index (χ0v) is 13.1. The van der Waals surface area contributed by atoms with Crippen molar-refractivity contribution in [1.29, 1.82) is 0 Å². The Bertz CT molecular complexity index is 567. The van der Waals surface area contributed by atoms with Gasteiger partial charge in [0, 0.05) is 11.1 Å². The lowest BCUT2D eigenvalue weighted by molar-refractivity contribution is -0.139. The standard InChI is InChI=1S/C18H22O4/c1-4-14-7-9-15(10-8-14)12-16(17(19)20)6-5-11-22-18(21)13(2)3/h7-10,12H,2,4-6,11H2,1,3H3,(H,19,20). The van der Waals surface area contributed by atoms with Crippen LogP contribution in [0, 0.1) is 0 Å². The van der Waals surface area contributed by atoms with Crippen LogP contribution in [0.5, 0.6) is 0 Å². The minimum absolute atomic E-state index is 0.186. The van der Waals surface area contributed by atoms with Crippen LogP contribution < -0.4 is 0 Å². The van der Waals surface area contributed by atoms with Gasteiger partial charge in [-0.1, -0.05) is 37.8 Å². The van der Waals surface area contributed by atoms with E-state index in [9.17, 15) is 14.7 Å². The number of esters is 1. The molecule has 0 radical (unpaired) electrons. The topological polar surface area (TPSA) is 63.6 Å². The minimum Gasteiger partial charge on any atom is -0.478 e. The highest BCUT2D eigenvalue weighted by atomic mass is 16.5. The second-order valence-corrected chi connectivity index (χ2v) is 5.09. The Morgan fingerprint density at radius 2 is 1.91 bits per heavy atom. The number of carbonyl (C=O) groups is 2. The highest BCUT2D eigenvalue weighted by molar-refractivity contribution is 5.92. The lowest BCUT2D eigenvalue weighted by Crippen LogP contribution is -2.08. The van der Waals surface area contributed by atoms with Crippen molar-refractivity contribution in [1.82, 2.24) is 0 Å². The van der Waals surface area contributed by atoms with Crippen LogP contribution in [0.1, 0.15) is 37.8 Å². The van der Waals surface area contributed by atoms with E-state index in [4.69, 9.17) is 4.74 Å². The van der Waals surface area contributed by atoms with Crippen molar-refractivity contribution in [2.75, 3.05) is 6.61 Å². The first-order valence-electron chi connectivity index (χ1n) is 7.29. The van der Waals surface area contributed by atoms with Gasteiger partial charge in [0.25, 0.3) is 0 Å². The van der Waals surface area contributed by atoms with E-state index in [1.165, 1.54) is 5.56 Å². The third-order valence-corrected chi connectivity index (χ3v) is 3.18. The molecule has 1 aromatic carbocycles. The van der Waals surface area contributed by atoms with Crippen LogP contribution in [0.2, 0.25) is 0 Å². The van der Waals surface area contributed by atoms with Gasteiger partial charge in [0.05, 0.1) is 6.61 Å². The largest absolute Gasteiger partial charge is 0.478 e. The fraction of sp³-hybridized carbons (Fsp3) is 0.333. The van der Waals surface area contributed by atoms with Crippen molar-refractivity contribution in [3.8, 4) is 0 Å². The van der Waals surface area contributed by atoms with E-state index in [0.717, 1.165) is 12.0 Å². The van der Waals surface area contributed by atoms with Crippen molar-refractivity contribution in [2.24, 2.45) is 0 Å². The zero-order valence-electron chi connectivity index (χ0n) is 13.1. The quantitative estimate of drug-likeness (QED) is 0.452. The summed E-state index contributed by atoms with van der Waals surface area (Å²) in [6.07, 6.45) is 3.41. The maximum atomic E-state index is 11.3. The molecule has 0 heterocycles. The van der Waals surface area contributed by atoms with Crippen LogP contribution in [-0.4, -0.2) is 23.7 Å². The van der Waals surface area contributed by atoms with Gasteiger partial charge in [-0.05, 0) is 43.4 Å². The number of carbonyl (C=O) groups excluding carboxylic acids is 1. The van der Waals surface area contributed by atoms with Gasteiger partial charge in [0.2, 0.25) is 0 Å². The summed E-state index contributed by atoms with van der Waals surface area (Å²) in [5.74, 6) is -1.40. The molecule has 0 atom stereocenters. The number of hydrogen-bond acceptors (Lipinski definition) is 3. The summed E-state index contributed by atoms with van der Waals surface area (Å²) in [7, 11) is 0. The second kappa shape index (κ2) is 8.82. The number of carboxylic acids is 1. The monoisotopic (exact) mass is 302 g/mol. The summed E-state index contributed by atoms with van der Waals surface area (Å²) in [5, 5.41) is 9.24. The van der Waals surface area contributed by atoms with E-state index in [1.54, 1.807) is 13.0 Å². The highest BCUT2D eigenvalue weighted by Gasteiger charge is 2.09. The summed E-state index contributed by atoms with van der Waals surface area (Å²) in [4.78, 5) is 22.5. The van der Waals surface area contributed by atoms with Gasteiger partial charge in [-0.3, -0.25) is 0 Å². The highest BCUT2D eigenvalue weighted by Crippen LogP contribution is 2.14. The maximum Gasteiger partial charge on any atom is 0.333 e. The van der Waals surface area contributed by atoms with Crippen molar-refractivity contribution >= 4 is 18.0 Å². The second-order valence-electron chi connectivity index (χ2n) is 5.09. The van der Waals surface area contributed by atoms with Crippen molar-refractivity contribution in [3.05, 3.63) is 53.1 Å². The summed E-state index contributed by atoms with van der Waals surface area (Å²) in [6, 6.07) is 7.78. The number of hydrogen-bond donors (Lipinski definition) is 1. The SMILES string of the molecule is C=C(C)C(=O)OCCCC(=Cc1ccc(CC)cc1)C(=O)O. The Labute approximate surface area is 131 Å². The molecule has 0 saturated heterocycles. The molecule has 0 aliphatic carbocycles. The van der Waals surface area contributed by atoms with E-state index in [0.29, 0.717) is 24.0 Å². The third kappa shape index (κ3) is 5.95. The summed E-state index contributed by atoms with van der Waals surface area (Å²) in [6.45, 7) is 7.32. The molecule has 1 rings (SSSR count). The number of carboxylic acid groups (broad SMARTS) is 1. The first-order valence-corrected chi connectivity index (χ1v) is 7.29. The summed E-state index contributed by atoms with van der Waals surface area (Å²) < 4.78 is 4.96. The normalized spacial score (nSPS) is 11.1. The van der Waals surface area contributed by atoms with Gasteiger partial charge in [-0.2, -0.15) is 0 Å². The molecule has 1 aromatic rings. The minimum atomic E-state index is -0.953. The van der Waals surface area contributed by atoms with Gasteiger partial charge >= 0.3 is 11.9 Å². The Morgan fingerprint density at radius 3 is 2.41 bits per heavy atom. The molecule has 4 heteroatoms. The first-order chi connectivity index (χ1) is 10.4. The molecule has 0 aliphatic heterocycles. The molecule has 0 bridgehead atoms. The van der Waals surface area contributed by atoms with E-state index in [-0.39, 0.29) is 6.61 Å². The zero-order chi connectivity index (χ0) is 16.5. The molecular weight excluding hydrogens is 280 g/mol. The average molecular weight is 302 g/mol. The molecule has 0 aromatic heterocycles. The molecular formula is C18H22O4. The lowest BCUT2D eigenvalue weighted by atomic mass is 10.0. The molecule has 0 spiro atoms. The molecule has 1 N–H and O–H groups in total. The van der Waals surface area contributed by atoms with E-state index >= 15 is 0 Å². The van der Waals surface area contributed by atoms with E-state index < -0.39 is 11.9 Å². The maximum absolute atomic E-state index is 11.3. The van der Waals surface area contributed by atoms with Crippen LogP contribution in [0.3, 0.4) is 0 Å². The van der Waals surface area contributed by atoms with Gasteiger partial charge in [0.15, 0.2) is 0 Å². The van der Waals surface area contributed by atoms with Crippen molar-refractivity contribution < 1.29 is 19.4 Å². The number of benzene rings is 1. The number of ether oxygens (including phenoxy) is 1. The van der Waals surface area contributed by atoms with Crippen LogP contribution in [0.15, 0.2) is 42.0 Å². The predicted octanol–water partition coefficient (Wildman–Crippen LogP) is 3.62. The molecule has 0 unspecified atom stereocenters. The smallest absolute Gasteiger partial charge is 0.333 e. The number of aliphatic carboxylic acids is 1. The molecule has 0 amide bonds. The first kappa shape index (κ1) is 17.7. The Kier molecular flexibility index (Phi) is 7.09. The van der Waals surface area contributed by atoms with E-state index in [1.807, 2.05) is 24.3 Å². The van der Waals surface area contributed by atoms with Gasteiger partial charge in [-0.15, -0.1) is 0 Å². The van der Waals surface area contributed by atoms with Gasteiger partial charge < -0.3 is 9.84 Å². The molecule has 22 heavy (non-hydrogen) atoms. The average Bonchev–Trinajstić information content (AvgIpc) is 2.50. The predicted molar refractivity (Wildman–Crippen MR) is 86.4 cm³/mol. The number of aryl methyl sites for hydroxylation is 1. The Morgan fingerprint density at radius 1 is 1.27 bits per heavy atom. The fourth-order valence-corrected chi connectivity index (χ4v) is 1.84. The summed E-state index contributed by atoms with van der Waals surface area (Å²) in [5.41, 5.74) is 2.70. The van der Waals surface area contributed by atoms with Crippen molar-refractivity contribution in [3.63, 3.8) is 0 Å². The van der Waals surface area contributed by atoms with Gasteiger partial charge in [0.1, 0.15) is 0 Å². The molecule has 0 saturated carbocycles. The molecule has 118 valence electrons. The fourth-order valence-electron chi connectivity index (χ4n) is 1.84. The third-order valence-electron chi connectivity index (χ3n) is 3.18. The molecule has 0 aliphatic rings.